The van der Waals surface area contributed by atoms with Gasteiger partial charge in [-0.2, -0.15) is 0 Å². The van der Waals surface area contributed by atoms with E-state index in [1.54, 1.807) is 12.1 Å². The van der Waals surface area contributed by atoms with Crippen LogP contribution in [-0.2, 0) is 4.79 Å². The molecule has 0 radical (unpaired) electrons. The van der Waals surface area contributed by atoms with Crippen molar-refractivity contribution in [2.24, 2.45) is 17.8 Å². The Kier molecular flexibility index (Phi) is 3.41. The smallest absolute Gasteiger partial charge is 0.173 e. The Labute approximate surface area is 102 Å². The minimum Gasteiger partial charge on any atom is -0.299 e. The molecule has 0 aliphatic heterocycles. The van der Waals surface area contributed by atoms with E-state index in [0.29, 0.717) is 17.9 Å². The van der Waals surface area contributed by atoms with Crippen LogP contribution in [0, 0.1) is 17.8 Å². The number of hydrogen-bond acceptors (Lipinski definition) is 2. The first-order chi connectivity index (χ1) is 8.09. The van der Waals surface area contributed by atoms with Gasteiger partial charge in [0.15, 0.2) is 5.78 Å². The molecule has 1 aliphatic rings. The fourth-order valence-electron chi connectivity index (χ4n) is 2.83. The highest BCUT2D eigenvalue weighted by molar-refractivity contribution is 6.11. The highest BCUT2D eigenvalue weighted by atomic mass is 16.2. The SMILES string of the molecule is CC1CC(=O)C(C(=O)c2ccccc2)C(C)C1. The first-order valence-corrected chi connectivity index (χ1v) is 6.21. The third-order valence-corrected chi connectivity index (χ3v) is 3.58. The second kappa shape index (κ2) is 4.82. The number of ketones is 2. The summed E-state index contributed by atoms with van der Waals surface area (Å²) in [6.45, 7) is 4.09. The van der Waals surface area contributed by atoms with Gasteiger partial charge in [-0.3, -0.25) is 9.59 Å². The fourth-order valence-corrected chi connectivity index (χ4v) is 2.83. The third kappa shape index (κ3) is 2.46. The molecule has 0 bridgehead atoms. The molecule has 2 heteroatoms. The van der Waals surface area contributed by atoms with E-state index in [4.69, 9.17) is 0 Å². The highest BCUT2D eigenvalue weighted by Crippen LogP contribution is 2.32. The van der Waals surface area contributed by atoms with E-state index in [0.717, 1.165) is 6.42 Å². The van der Waals surface area contributed by atoms with Crippen molar-refractivity contribution < 1.29 is 9.59 Å². The van der Waals surface area contributed by atoms with E-state index in [1.807, 2.05) is 25.1 Å². The van der Waals surface area contributed by atoms with Gasteiger partial charge in [0.2, 0.25) is 0 Å². The molecular weight excluding hydrogens is 212 g/mol. The zero-order valence-electron chi connectivity index (χ0n) is 10.3. The molecule has 2 nitrogen and oxygen atoms in total. The number of benzene rings is 1. The molecule has 1 fully saturated rings. The number of hydrogen-bond donors (Lipinski definition) is 0. The monoisotopic (exact) mass is 230 g/mol. The second-order valence-corrected chi connectivity index (χ2v) is 5.20. The Morgan fingerprint density at radius 2 is 1.82 bits per heavy atom. The molecule has 2 rings (SSSR count). The van der Waals surface area contributed by atoms with Gasteiger partial charge >= 0.3 is 0 Å². The molecule has 0 aromatic heterocycles. The van der Waals surface area contributed by atoms with Crippen LogP contribution in [0.1, 0.15) is 37.0 Å². The van der Waals surface area contributed by atoms with Gasteiger partial charge in [-0.25, -0.2) is 0 Å². The first kappa shape index (κ1) is 12.0. The van der Waals surface area contributed by atoms with Crippen LogP contribution in [0.5, 0.6) is 0 Å². The highest BCUT2D eigenvalue weighted by Gasteiger charge is 2.37. The van der Waals surface area contributed by atoms with Crippen molar-refractivity contribution in [3.63, 3.8) is 0 Å². The maximum absolute atomic E-state index is 12.3. The number of carbonyl (C=O) groups excluding carboxylic acids is 2. The van der Waals surface area contributed by atoms with E-state index >= 15 is 0 Å². The Hall–Kier alpha value is -1.44. The van der Waals surface area contributed by atoms with Crippen LogP contribution < -0.4 is 0 Å². The van der Waals surface area contributed by atoms with Crippen LogP contribution in [0.25, 0.3) is 0 Å². The molecule has 1 aliphatic carbocycles. The van der Waals surface area contributed by atoms with Crippen molar-refractivity contribution >= 4 is 11.6 Å². The molecule has 0 saturated heterocycles. The number of carbonyl (C=O) groups is 2. The minimum absolute atomic E-state index is 0.00463. The van der Waals surface area contributed by atoms with Crippen molar-refractivity contribution in [3.05, 3.63) is 35.9 Å². The van der Waals surface area contributed by atoms with Crippen LogP contribution in [0.4, 0.5) is 0 Å². The van der Waals surface area contributed by atoms with Crippen molar-refractivity contribution in [1.82, 2.24) is 0 Å². The molecule has 0 amide bonds. The summed E-state index contributed by atoms with van der Waals surface area (Å²) in [6.07, 6.45) is 1.52. The summed E-state index contributed by atoms with van der Waals surface area (Å²) in [7, 11) is 0. The van der Waals surface area contributed by atoms with Crippen LogP contribution >= 0.6 is 0 Å². The number of Topliss-reactive ketones (excluding diaryl/α,β-unsaturated/α-hetero) is 2. The normalized spacial score (nSPS) is 29.1. The maximum Gasteiger partial charge on any atom is 0.173 e. The van der Waals surface area contributed by atoms with Gasteiger partial charge in [0, 0.05) is 12.0 Å². The van der Waals surface area contributed by atoms with Gasteiger partial charge in [0.25, 0.3) is 0 Å². The summed E-state index contributed by atoms with van der Waals surface area (Å²) in [4.78, 5) is 24.3. The van der Waals surface area contributed by atoms with E-state index in [-0.39, 0.29) is 17.5 Å². The molecule has 0 N–H and O–H groups in total. The summed E-state index contributed by atoms with van der Waals surface area (Å²) >= 11 is 0. The molecule has 17 heavy (non-hydrogen) atoms. The zero-order chi connectivity index (χ0) is 12.4. The molecule has 0 heterocycles. The lowest BCUT2D eigenvalue weighted by molar-refractivity contribution is -0.125. The average molecular weight is 230 g/mol. The van der Waals surface area contributed by atoms with Gasteiger partial charge in [-0.15, -0.1) is 0 Å². The van der Waals surface area contributed by atoms with E-state index < -0.39 is 5.92 Å². The van der Waals surface area contributed by atoms with Gasteiger partial charge in [0.1, 0.15) is 5.78 Å². The molecule has 1 aromatic rings. The maximum atomic E-state index is 12.3. The minimum atomic E-state index is -0.423. The van der Waals surface area contributed by atoms with Crippen LogP contribution in [-0.4, -0.2) is 11.6 Å². The summed E-state index contributed by atoms with van der Waals surface area (Å²) < 4.78 is 0. The standard InChI is InChI=1S/C15H18O2/c1-10-8-11(2)14(13(16)9-10)15(17)12-6-4-3-5-7-12/h3-7,10-11,14H,8-9H2,1-2H3. The molecule has 90 valence electrons. The zero-order valence-corrected chi connectivity index (χ0v) is 10.3. The first-order valence-electron chi connectivity index (χ1n) is 6.21. The van der Waals surface area contributed by atoms with Gasteiger partial charge in [-0.05, 0) is 18.3 Å². The molecule has 3 unspecified atom stereocenters. The van der Waals surface area contributed by atoms with E-state index in [9.17, 15) is 9.59 Å². The fraction of sp³-hybridized carbons (Fsp3) is 0.467. The lowest BCUT2D eigenvalue weighted by atomic mass is 9.72. The quantitative estimate of drug-likeness (QED) is 0.578. The second-order valence-electron chi connectivity index (χ2n) is 5.20. The summed E-state index contributed by atoms with van der Waals surface area (Å²) in [5.41, 5.74) is 0.659. The van der Waals surface area contributed by atoms with Crippen molar-refractivity contribution in [1.29, 1.82) is 0 Å². The van der Waals surface area contributed by atoms with Crippen molar-refractivity contribution in [3.8, 4) is 0 Å². The van der Waals surface area contributed by atoms with Crippen LogP contribution in [0.15, 0.2) is 30.3 Å². The van der Waals surface area contributed by atoms with E-state index in [1.165, 1.54) is 0 Å². The molecule has 1 aromatic carbocycles. The van der Waals surface area contributed by atoms with Crippen LogP contribution in [0.3, 0.4) is 0 Å². The summed E-state index contributed by atoms with van der Waals surface area (Å²) in [6, 6.07) is 9.15. The third-order valence-electron chi connectivity index (χ3n) is 3.58. The molecule has 0 spiro atoms. The van der Waals surface area contributed by atoms with E-state index in [2.05, 4.69) is 6.92 Å². The predicted molar refractivity (Wildman–Crippen MR) is 66.8 cm³/mol. The summed E-state index contributed by atoms with van der Waals surface area (Å²) in [5.74, 6) is 0.269. The summed E-state index contributed by atoms with van der Waals surface area (Å²) in [5, 5.41) is 0. The largest absolute Gasteiger partial charge is 0.299 e. The van der Waals surface area contributed by atoms with Crippen molar-refractivity contribution in [2.45, 2.75) is 26.7 Å². The van der Waals surface area contributed by atoms with Gasteiger partial charge < -0.3 is 0 Å². The molecule has 1 saturated carbocycles. The van der Waals surface area contributed by atoms with Gasteiger partial charge in [-0.1, -0.05) is 44.2 Å². The van der Waals surface area contributed by atoms with Gasteiger partial charge in [0.05, 0.1) is 5.92 Å². The van der Waals surface area contributed by atoms with Crippen LogP contribution in [0.2, 0.25) is 0 Å². The predicted octanol–water partition coefficient (Wildman–Crippen LogP) is 3.12. The van der Waals surface area contributed by atoms with Crippen molar-refractivity contribution in [2.75, 3.05) is 0 Å². The Morgan fingerprint density at radius 1 is 1.18 bits per heavy atom. The molecular formula is C15H18O2. The lowest BCUT2D eigenvalue weighted by Gasteiger charge is -2.30. The Balaban J connectivity index is 2.22. The molecule has 3 atom stereocenters. The number of rotatable bonds is 2. The lowest BCUT2D eigenvalue weighted by Crippen LogP contribution is -2.36. The Morgan fingerprint density at radius 3 is 2.41 bits per heavy atom. The Bertz CT molecular complexity index is 422. The topological polar surface area (TPSA) is 34.1 Å². The average Bonchev–Trinajstić information content (AvgIpc) is 2.28.